The molecule has 0 aliphatic heterocycles. The van der Waals surface area contributed by atoms with Crippen molar-refractivity contribution in [2.24, 2.45) is 5.73 Å². The summed E-state index contributed by atoms with van der Waals surface area (Å²) in [5, 5.41) is 0. The van der Waals surface area contributed by atoms with Crippen LogP contribution in [0.25, 0.3) is 0 Å². The van der Waals surface area contributed by atoms with Gasteiger partial charge in [0, 0.05) is 32.7 Å². The predicted molar refractivity (Wildman–Crippen MR) is 14.7 cm³/mol. The number of carbonyl (C=O) groups excluding carboxylic acids is 1. The molecular weight excluding hydrogens is 143 g/mol. The molecule has 0 aliphatic carbocycles. The van der Waals surface area contributed by atoms with Gasteiger partial charge in [-0.2, -0.15) is 0 Å². The Labute approximate surface area is 56.0 Å². The van der Waals surface area contributed by atoms with Crippen molar-refractivity contribution in [1.29, 1.82) is 0 Å². The Balaban J connectivity index is 0. The average molecular weight is 147 g/mol. The van der Waals surface area contributed by atoms with Crippen LogP contribution in [0.4, 0.5) is 0 Å². The molecule has 1 radical (unpaired) electrons. The Morgan fingerprint density at radius 1 is 1.80 bits per heavy atom. The second-order valence-corrected chi connectivity index (χ2v) is 0.348. The van der Waals surface area contributed by atoms with E-state index in [1.165, 1.54) is 6.29 Å². The Morgan fingerprint density at radius 3 is 2.00 bits per heavy atom. The molecule has 0 bridgehead atoms. The van der Waals surface area contributed by atoms with Crippen LogP contribution in [0.15, 0.2) is 0 Å². The Hall–Kier alpha value is 0.734. The van der Waals surface area contributed by atoms with Crippen LogP contribution in [0.3, 0.4) is 0 Å². The fourth-order valence-corrected chi connectivity index (χ4v) is 0. The van der Waals surface area contributed by atoms with Crippen molar-refractivity contribution in [1.82, 2.24) is 0 Å². The first kappa shape index (κ1) is 9.22. The van der Waals surface area contributed by atoms with Gasteiger partial charge in [-0.05, 0) is 0 Å². The molecule has 0 saturated heterocycles. The molecule has 0 unspecified atom stereocenters. The molecule has 0 aromatic rings. The third-order valence-electron chi connectivity index (χ3n) is 0.0833. The molecule has 0 rings (SSSR count). The van der Waals surface area contributed by atoms with Gasteiger partial charge in [-0.1, -0.05) is 0 Å². The third kappa shape index (κ3) is 11.8. The van der Waals surface area contributed by atoms with Crippen molar-refractivity contribution >= 4 is 6.29 Å². The van der Waals surface area contributed by atoms with Crippen LogP contribution in [-0.4, -0.2) is 12.8 Å². The van der Waals surface area contributed by atoms with E-state index in [1.54, 1.807) is 0 Å². The molecule has 2 nitrogen and oxygen atoms in total. The molecule has 0 fully saturated rings. The van der Waals surface area contributed by atoms with E-state index in [4.69, 9.17) is 4.79 Å². The molecule has 2 N–H and O–H groups in total. The van der Waals surface area contributed by atoms with E-state index in [9.17, 15) is 0 Å². The minimum absolute atomic E-state index is 0. The van der Waals surface area contributed by atoms with Crippen LogP contribution in [0.1, 0.15) is 0 Å². The molecule has 0 amide bonds. The topological polar surface area (TPSA) is 43.1 Å². The monoisotopic (exact) mass is 147 g/mol. The maximum atomic E-state index is 8.92. The molecule has 0 aromatic heterocycles. The van der Waals surface area contributed by atoms with Crippen LogP contribution in [0.5, 0.6) is 0 Å². The summed E-state index contributed by atoms with van der Waals surface area (Å²) in [6.07, 6.45) is 1.46. The summed E-state index contributed by atoms with van der Waals surface area (Å²) in [6, 6.07) is 0. The standard InChI is InChI=1S/C2H4NO.Y/c3-1-2-4;/h1,3H2;/q-1;. The van der Waals surface area contributed by atoms with Gasteiger partial charge in [0.25, 0.3) is 0 Å². The number of hydrogen-bond donors (Lipinski definition) is 1. The first-order chi connectivity index (χ1) is 1.91. The minimum Gasteiger partial charge on any atom is -0.541 e. The predicted octanol–water partition coefficient (Wildman–Crippen LogP) is -0.948. The quantitative estimate of drug-likeness (QED) is 0.486. The Bertz CT molecular complexity index is 23.6. The molecule has 5 heavy (non-hydrogen) atoms. The first-order valence-electron chi connectivity index (χ1n) is 0.966. The van der Waals surface area contributed by atoms with E-state index < -0.39 is 0 Å². The summed E-state index contributed by atoms with van der Waals surface area (Å²) in [7, 11) is 0. The van der Waals surface area contributed by atoms with E-state index in [-0.39, 0.29) is 39.3 Å². The summed E-state index contributed by atoms with van der Waals surface area (Å²) < 4.78 is 0. The molecule has 27 valence electrons. The number of rotatable bonds is 1. The van der Waals surface area contributed by atoms with Crippen molar-refractivity contribution in [2.45, 2.75) is 0 Å². The van der Waals surface area contributed by atoms with Crippen molar-refractivity contribution < 1.29 is 37.5 Å². The zero-order valence-corrected chi connectivity index (χ0v) is 5.61. The maximum absolute atomic E-state index is 8.92. The van der Waals surface area contributed by atoms with Crippen LogP contribution >= 0.6 is 0 Å². The zero-order chi connectivity index (χ0) is 3.41. The van der Waals surface area contributed by atoms with Gasteiger partial charge >= 0.3 is 0 Å². The molecule has 0 atom stereocenters. The van der Waals surface area contributed by atoms with Gasteiger partial charge in [0.15, 0.2) is 0 Å². The molecule has 0 saturated carbocycles. The molecule has 0 spiro atoms. The van der Waals surface area contributed by atoms with Gasteiger partial charge in [0.1, 0.15) is 0 Å². The second-order valence-electron chi connectivity index (χ2n) is 0.348. The van der Waals surface area contributed by atoms with Gasteiger partial charge in [0.05, 0.1) is 0 Å². The van der Waals surface area contributed by atoms with Crippen LogP contribution in [0.2, 0.25) is 0 Å². The summed E-state index contributed by atoms with van der Waals surface area (Å²) >= 11 is 0. The summed E-state index contributed by atoms with van der Waals surface area (Å²) in [4.78, 5) is 8.92. The van der Waals surface area contributed by atoms with Gasteiger partial charge in [0.2, 0.25) is 0 Å². The fraction of sp³-hybridized carbons (Fsp3) is 0.500. The average Bonchev–Trinajstić information content (AvgIpc) is 1.37. The molecule has 0 aliphatic rings. The molecular formula is C2H4NOY-. The number of nitrogens with two attached hydrogens (primary N) is 1. The van der Waals surface area contributed by atoms with E-state index in [1.807, 2.05) is 0 Å². The van der Waals surface area contributed by atoms with E-state index in [2.05, 4.69) is 5.73 Å². The van der Waals surface area contributed by atoms with Crippen molar-refractivity contribution in [3.05, 3.63) is 0 Å². The molecule has 0 heterocycles. The van der Waals surface area contributed by atoms with Crippen molar-refractivity contribution in [3.63, 3.8) is 0 Å². The third-order valence-corrected chi connectivity index (χ3v) is 0.0833. The van der Waals surface area contributed by atoms with Crippen LogP contribution in [0, 0.1) is 0 Å². The normalized spacial score (nSPS) is 5.00. The van der Waals surface area contributed by atoms with Crippen LogP contribution in [-0.2, 0) is 37.5 Å². The molecule has 3 heteroatoms. The largest absolute Gasteiger partial charge is 0.541 e. The summed E-state index contributed by atoms with van der Waals surface area (Å²) in [6.45, 7) is 0.0139. The first-order valence-corrected chi connectivity index (χ1v) is 0.966. The summed E-state index contributed by atoms with van der Waals surface area (Å²) in [5.41, 5.74) is 4.60. The van der Waals surface area contributed by atoms with E-state index in [0.29, 0.717) is 0 Å². The van der Waals surface area contributed by atoms with Crippen LogP contribution < -0.4 is 5.73 Å². The summed E-state index contributed by atoms with van der Waals surface area (Å²) in [5.74, 6) is 0. The number of hydrogen-bond acceptors (Lipinski definition) is 2. The second kappa shape index (κ2) is 8.83. The molecule has 0 aromatic carbocycles. The van der Waals surface area contributed by atoms with Crippen molar-refractivity contribution in [2.75, 3.05) is 6.54 Å². The van der Waals surface area contributed by atoms with E-state index in [0.717, 1.165) is 0 Å². The zero-order valence-electron chi connectivity index (χ0n) is 2.77. The smallest absolute Gasteiger partial charge is 0 e. The Morgan fingerprint density at radius 2 is 2.00 bits per heavy atom. The van der Waals surface area contributed by atoms with Gasteiger partial charge in [-0.15, -0.1) is 6.54 Å². The maximum Gasteiger partial charge on any atom is 0 e. The van der Waals surface area contributed by atoms with Gasteiger partial charge < -0.3 is 10.5 Å². The van der Waals surface area contributed by atoms with Crippen molar-refractivity contribution in [3.8, 4) is 0 Å². The minimum atomic E-state index is 0. The Kier molecular flexibility index (Phi) is 16.3. The van der Waals surface area contributed by atoms with E-state index >= 15 is 0 Å². The SMILES string of the molecule is NC[C-]=O.[Y]. The van der Waals surface area contributed by atoms with Gasteiger partial charge in [-0.3, -0.25) is 6.29 Å². The van der Waals surface area contributed by atoms with Gasteiger partial charge in [-0.25, -0.2) is 0 Å². The fourth-order valence-electron chi connectivity index (χ4n) is 0.